The molecule has 2 aromatic heterocycles. The number of aromatic nitrogens is 3. The molecule has 2 unspecified atom stereocenters. The summed E-state index contributed by atoms with van der Waals surface area (Å²) in [7, 11) is 0. The average Bonchev–Trinajstić information content (AvgIpc) is 2.98. The normalized spacial score (nSPS) is 23.2. The van der Waals surface area contributed by atoms with Crippen molar-refractivity contribution in [1.82, 2.24) is 14.8 Å². The highest BCUT2D eigenvalue weighted by molar-refractivity contribution is 9.10. The monoisotopic (exact) mass is 354 g/mol. The molecular formula is C14H19BrN4S. The molecule has 0 aliphatic carbocycles. The Balaban J connectivity index is 1.70. The van der Waals surface area contributed by atoms with E-state index in [-0.39, 0.29) is 0 Å². The highest BCUT2D eigenvalue weighted by Crippen LogP contribution is 2.29. The number of piperidine rings is 1. The molecule has 1 fully saturated rings. The van der Waals surface area contributed by atoms with Crippen LogP contribution in [0.4, 0.5) is 5.13 Å². The van der Waals surface area contributed by atoms with Gasteiger partial charge in [-0.1, -0.05) is 25.2 Å². The summed E-state index contributed by atoms with van der Waals surface area (Å²) in [6.45, 7) is 7.72. The van der Waals surface area contributed by atoms with Gasteiger partial charge in [-0.3, -0.25) is 4.68 Å². The van der Waals surface area contributed by atoms with E-state index < -0.39 is 0 Å². The van der Waals surface area contributed by atoms with E-state index >= 15 is 0 Å². The number of nitrogens with zero attached hydrogens (tertiary/aromatic N) is 4. The Morgan fingerprint density at radius 3 is 2.70 bits per heavy atom. The minimum atomic E-state index is 0.758. The third kappa shape index (κ3) is 3.23. The number of rotatable bonds is 3. The van der Waals surface area contributed by atoms with Crippen LogP contribution < -0.4 is 4.90 Å². The Morgan fingerprint density at radius 2 is 2.05 bits per heavy atom. The molecule has 0 aromatic carbocycles. The van der Waals surface area contributed by atoms with Crippen LogP contribution in [0, 0.1) is 11.8 Å². The molecule has 0 amide bonds. The van der Waals surface area contributed by atoms with E-state index in [1.807, 2.05) is 23.3 Å². The fraction of sp³-hybridized carbons (Fsp3) is 0.571. The number of hydrogen-bond donors (Lipinski definition) is 0. The van der Waals surface area contributed by atoms with Crippen LogP contribution in [0.5, 0.6) is 0 Å². The molecule has 2 aromatic rings. The van der Waals surface area contributed by atoms with Gasteiger partial charge in [0.1, 0.15) is 0 Å². The zero-order valence-corrected chi connectivity index (χ0v) is 14.2. The van der Waals surface area contributed by atoms with Crippen LogP contribution in [0.25, 0.3) is 0 Å². The first-order valence-electron chi connectivity index (χ1n) is 6.97. The van der Waals surface area contributed by atoms with Gasteiger partial charge in [-0.25, -0.2) is 4.98 Å². The molecule has 0 radical (unpaired) electrons. The van der Waals surface area contributed by atoms with Crippen molar-refractivity contribution in [2.75, 3.05) is 18.0 Å². The lowest BCUT2D eigenvalue weighted by molar-refractivity contribution is 0.356. The molecule has 1 saturated heterocycles. The van der Waals surface area contributed by atoms with E-state index in [9.17, 15) is 0 Å². The molecule has 1 aliphatic rings. The van der Waals surface area contributed by atoms with Gasteiger partial charge in [-0.2, -0.15) is 5.10 Å². The van der Waals surface area contributed by atoms with Gasteiger partial charge in [-0.05, 0) is 34.2 Å². The van der Waals surface area contributed by atoms with Gasteiger partial charge in [0.05, 0.1) is 17.2 Å². The number of hydrogen-bond acceptors (Lipinski definition) is 4. The number of anilines is 1. The quantitative estimate of drug-likeness (QED) is 0.843. The van der Waals surface area contributed by atoms with Crippen LogP contribution in [0.15, 0.2) is 23.1 Å². The maximum Gasteiger partial charge on any atom is 0.185 e. The standard InChI is InChI=1S/C14H19BrN4S/c1-10-3-11(2)7-18(6-10)14-16-5-13(20-14)9-19-8-12(15)4-17-19/h4-5,8,10-11H,3,6-7,9H2,1-2H3. The van der Waals surface area contributed by atoms with Gasteiger partial charge in [0.2, 0.25) is 0 Å². The third-order valence-electron chi connectivity index (χ3n) is 3.60. The van der Waals surface area contributed by atoms with Crippen LogP contribution in [0.1, 0.15) is 25.1 Å². The van der Waals surface area contributed by atoms with Crippen molar-refractivity contribution in [3.05, 3.63) is 27.9 Å². The van der Waals surface area contributed by atoms with Crippen LogP contribution in [0.2, 0.25) is 0 Å². The predicted molar refractivity (Wildman–Crippen MR) is 86.3 cm³/mol. The molecule has 0 bridgehead atoms. The second-order valence-electron chi connectivity index (χ2n) is 5.82. The van der Waals surface area contributed by atoms with E-state index in [4.69, 9.17) is 0 Å². The SMILES string of the molecule is CC1CC(C)CN(c2ncc(Cn3cc(Br)cn3)s2)C1. The summed E-state index contributed by atoms with van der Waals surface area (Å²) in [5, 5.41) is 5.45. The Labute approximate surface area is 131 Å². The maximum absolute atomic E-state index is 4.60. The lowest BCUT2D eigenvalue weighted by Crippen LogP contribution is -2.38. The lowest BCUT2D eigenvalue weighted by atomic mass is 9.92. The van der Waals surface area contributed by atoms with Gasteiger partial charge in [-0.15, -0.1) is 0 Å². The summed E-state index contributed by atoms with van der Waals surface area (Å²) in [4.78, 5) is 8.29. The van der Waals surface area contributed by atoms with E-state index in [0.29, 0.717) is 0 Å². The first-order chi connectivity index (χ1) is 9.60. The fourth-order valence-corrected chi connectivity index (χ4v) is 4.17. The molecule has 3 rings (SSSR count). The Kier molecular flexibility index (Phi) is 4.12. The number of halogens is 1. The van der Waals surface area contributed by atoms with E-state index in [1.54, 1.807) is 11.3 Å². The van der Waals surface area contributed by atoms with Gasteiger partial charge in [0.25, 0.3) is 0 Å². The zero-order chi connectivity index (χ0) is 14.1. The number of thiazole rings is 1. The van der Waals surface area contributed by atoms with E-state index in [1.165, 1.54) is 11.3 Å². The Hall–Kier alpha value is -0.880. The lowest BCUT2D eigenvalue weighted by Gasteiger charge is -2.34. The molecule has 2 atom stereocenters. The highest BCUT2D eigenvalue weighted by atomic mass is 79.9. The van der Waals surface area contributed by atoms with Gasteiger partial charge >= 0.3 is 0 Å². The summed E-state index contributed by atoms with van der Waals surface area (Å²) in [5.41, 5.74) is 0. The van der Waals surface area contributed by atoms with Crippen molar-refractivity contribution in [3.8, 4) is 0 Å². The van der Waals surface area contributed by atoms with Crippen molar-refractivity contribution in [1.29, 1.82) is 0 Å². The average molecular weight is 355 g/mol. The van der Waals surface area contributed by atoms with Crippen molar-refractivity contribution in [2.24, 2.45) is 11.8 Å². The van der Waals surface area contributed by atoms with Crippen LogP contribution in [-0.4, -0.2) is 27.9 Å². The predicted octanol–water partition coefficient (Wildman–Crippen LogP) is 3.63. The molecule has 6 heteroatoms. The van der Waals surface area contributed by atoms with Crippen LogP contribution >= 0.6 is 27.3 Å². The van der Waals surface area contributed by atoms with Crippen molar-refractivity contribution in [3.63, 3.8) is 0 Å². The Morgan fingerprint density at radius 1 is 1.30 bits per heavy atom. The van der Waals surface area contributed by atoms with Gasteiger partial charge in [0.15, 0.2) is 5.13 Å². The molecule has 3 heterocycles. The smallest absolute Gasteiger partial charge is 0.185 e. The Bertz CT molecular complexity index is 569. The zero-order valence-electron chi connectivity index (χ0n) is 11.8. The fourth-order valence-electron chi connectivity index (χ4n) is 2.92. The van der Waals surface area contributed by atoms with Crippen molar-refractivity contribution >= 4 is 32.4 Å². The summed E-state index contributed by atoms with van der Waals surface area (Å²) < 4.78 is 2.95. The third-order valence-corrected chi connectivity index (χ3v) is 5.05. The summed E-state index contributed by atoms with van der Waals surface area (Å²) >= 11 is 5.21. The minimum absolute atomic E-state index is 0.758. The molecule has 4 nitrogen and oxygen atoms in total. The van der Waals surface area contributed by atoms with Crippen LogP contribution in [0.3, 0.4) is 0 Å². The van der Waals surface area contributed by atoms with Gasteiger partial charge in [0, 0.05) is 30.4 Å². The summed E-state index contributed by atoms with van der Waals surface area (Å²) in [6.07, 6.45) is 7.12. The molecule has 0 spiro atoms. The molecule has 0 saturated carbocycles. The topological polar surface area (TPSA) is 34.0 Å². The maximum atomic E-state index is 4.60. The second-order valence-corrected chi connectivity index (χ2v) is 7.83. The second kappa shape index (κ2) is 5.85. The van der Waals surface area contributed by atoms with E-state index in [2.05, 4.69) is 44.8 Å². The van der Waals surface area contributed by atoms with Crippen molar-refractivity contribution in [2.45, 2.75) is 26.8 Å². The minimum Gasteiger partial charge on any atom is -0.348 e. The molecule has 108 valence electrons. The molecule has 0 N–H and O–H groups in total. The highest BCUT2D eigenvalue weighted by Gasteiger charge is 2.23. The van der Waals surface area contributed by atoms with E-state index in [0.717, 1.165) is 41.1 Å². The summed E-state index contributed by atoms with van der Waals surface area (Å²) in [5.74, 6) is 1.52. The van der Waals surface area contributed by atoms with Crippen molar-refractivity contribution < 1.29 is 0 Å². The summed E-state index contributed by atoms with van der Waals surface area (Å²) in [6, 6.07) is 0. The molecule has 20 heavy (non-hydrogen) atoms. The van der Waals surface area contributed by atoms with Gasteiger partial charge < -0.3 is 4.90 Å². The molecular weight excluding hydrogens is 336 g/mol. The first kappa shape index (κ1) is 14.1. The largest absolute Gasteiger partial charge is 0.348 e. The van der Waals surface area contributed by atoms with Crippen LogP contribution in [-0.2, 0) is 6.54 Å². The first-order valence-corrected chi connectivity index (χ1v) is 8.58. The molecule has 1 aliphatic heterocycles.